The van der Waals surface area contributed by atoms with Crippen LogP contribution in [0.3, 0.4) is 0 Å². The average Bonchev–Trinajstić information content (AvgIpc) is 2.64. The van der Waals surface area contributed by atoms with E-state index in [2.05, 4.69) is 5.32 Å². The molecule has 96 valence electrons. The Morgan fingerprint density at radius 2 is 1.94 bits per heavy atom. The quantitative estimate of drug-likeness (QED) is 0.741. The van der Waals surface area contributed by atoms with E-state index in [1.54, 1.807) is 4.90 Å². The lowest BCUT2D eigenvalue weighted by atomic mass is 10.1. The summed E-state index contributed by atoms with van der Waals surface area (Å²) >= 11 is 0. The Labute approximate surface area is 101 Å². The van der Waals surface area contributed by atoms with E-state index < -0.39 is 12.0 Å². The fourth-order valence-electron chi connectivity index (χ4n) is 2.73. The van der Waals surface area contributed by atoms with Gasteiger partial charge in [0, 0.05) is 6.54 Å². The lowest BCUT2D eigenvalue weighted by Crippen LogP contribution is -2.50. The number of nitrogens with one attached hydrogen (secondary N) is 1. The van der Waals surface area contributed by atoms with Crippen LogP contribution in [-0.4, -0.2) is 47.1 Å². The molecule has 0 bridgehead atoms. The molecule has 0 aliphatic carbocycles. The molecule has 0 saturated carbocycles. The monoisotopic (exact) mass is 240 g/mol. The Morgan fingerprint density at radius 1 is 1.12 bits per heavy atom. The first kappa shape index (κ1) is 12.4. The molecular formula is C12H20N2O3. The van der Waals surface area contributed by atoms with Gasteiger partial charge in [0.25, 0.3) is 0 Å². The van der Waals surface area contributed by atoms with E-state index in [1.807, 2.05) is 0 Å². The Bertz CT molecular complexity index is 298. The van der Waals surface area contributed by atoms with Crippen molar-refractivity contribution in [1.82, 2.24) is 10.2 Å². The predicted octanol–water partition coefficient (Wildman–Crippen LogP) is 0.594. The van der Waals surface area contributed by atoms with Gasteiger partial charge in [-0.15, -0.1) is 0 Å². The molecule has 1 unspecified atom stereocenters. The molecule has 2 aliphatic heterocycles. The smallest absolute Gasteiger partial charge is 0.326 e. The van der Waals surface area contributed by atoms with E-state index in [9.17, 15) is 9.59 Å². The van der Waals surface area contributed by atoms with Crippen molar-refractivity contribution in [3.05, 3.63) is 0 Å². The summed E-state index contributed by atoms with van der Waals surface area (Å²) in [6, 6.07) is -0.773. The molecular weight excluding hydrogens is 220 g/mol. The van der Waals surface area contributed by atoms with Gasteiger partial charge in [0.15, 0.2) is 0 Å². The summed E-state index contributed by atoms with van der Waals surface area (Å²) < 4.78 is 0. The van der Waals surface area contributed by atoms with Crippen LogP contribution in [0.25, 0.3) is 0 Å². The number of likely N-dealkylation sites (tertiary alicyclic amines) is 1. The molecule has 2 saturated heterocycles. The third-order valence-electron chi connectivity index (χ3n) is 3.68. The molecule has 1 amide bonds. The van der Waals surface area contributed by atoms with Crippen LogP contribution in [0.15, 0.2) is 0 Å². The van der Waals surface area contributed by atoms with Crippen LogP contribution in [0.4, 0.5) is 0 Å². The van der Waals surface area contributed by atoms with Crippen molar-refractivity contribution in [3.63, 3.8) is 0 Å². The van der Waals surface area contributed by atoms with Crippen LogP contribution in [0.2, 0.25) is 0 Å². The molecule has 2 N–H and O–H groups in total. The Kier molecular flexibility index (Phi) is 3.99. The van der Waals surface area contributed by atoms with Gasteiger partial charge in [-0.2, -0.15) is 0 Å². The summed E-state index contributed by atoms with van der Waals surface area (Å²) in [5, 5.41) is 12.3. The van der Waals surface area contributed by atoms with Gasteiger partial charge in [0.1, 0.15) is 6.04 Å². The third kappa shape index (κ3) is 2.77. The normalized spacial score (nSPS) is 30.0. The van der Waals surface area contributed by atoms with Crippen molar-refractivity contribution in [1.29, 1.82) is 0 Å². The number of amides is 1. The lowest BCUT2D eigenvalue weighted by Gasteiger charge is -2.26. The van der Waals surface area contributed by atoms with E-state index in [4.69, 9.17) is 5.11 Å². The second kappa shape index (κ2) is 5.49. The highest BCUT2D eigenvalue weighted by Crippen LogP contribution is 2.20. The molecule has 0 aromatic carbocycles. The first-order chi connectivity index (χ1) is 8.20. The Hall–Kier alpha value is -1.10. The maximum atomic E-state index is 12.3. The van der Waals surface area contributed by atoms with Gasteiger partial charge in [-0.05, 0) is 32.2 Å². The summed E-state index contributed by atoms with van der Waals surface area (Å²) in [6.45, 7) is 1.45. The zero-order valence-corrected chi connectivity index (χ0v) is 10.0. The van der Waals surface area contributed by atoms with Crippen LogP contribution >= 0.6 is 0 Å². The van der Waals surface area contributed by atoms with Crippen LogP contribution < -0.4 is 5.32 Å². The van der Waals surface area contributed by atoms with E-state index >= 15 is 0 Å². The highest BCUT2D eigenvalue weighted by atomic mass is 16.4. The number of carboxylic acid groups (broad SMARTS) is 1. The van der Waals surface area contributed by atoms with Crippen LogP contribution in [-0.2, 0) is 9.59 Å². The maximum Gasteiger partial charge on any atom is 0.326 e. The first-order valence-electron chi connectivity index (χ1n) is 6.47. The van der Waals surface area contributed by atoms with E-state index in [0.29, 0.717) is 13.0 Å². The number of hydrogen-bond acceptors (Lipinski definition) is 3. The number of carboxylic acids is 1. The van der Waals surface area contributed by atoms with Crippen molar-refractivity contribution >= 4 is 11.9 Å². The fraction of sp³-hybridized carbons (Fsp3) is 0.833. The number of aliphatic carboxylic acids is 1. The highest BCUT2D eigenvalue weighted by Gasteiger charge is 2.36. The molecule has 0 radical (unpaired) electrons. The van der Waals surface area contributed by atoms with E-state index in [0.717, 1.165) is 38.6 Å². The molecule has 2 atom stereocenters. The van der Waals surface area contributed by atoms with E-state index in [-0.39, 0.29) is 11.9 Å². The SMILES string of the molecule is O=C(O)[C@H]1CCCN1C(=O)C1CCCCCN1. The minimum Gasteiger partial charge on any atom is -0.480 e. The molecule has 0 aromatic rings. The zero-order chi connectivity index (χ0) is 12.3. The second-order valence-corrected chi connectivity index (χ2v) is 4.88. The van der Waals surface area contributed by atoms with E-state index in [1.165, 1.54) is 0 Å². The van der Waals surface area contributed by atoms with Crippen molar-refractivity contribution < 1.29 is 14.7 Å². The van der Waals surface area contributed by atoms with Gasteiger partial charge in [0.05, 0.1) is 6.04 Å². The van der Waals surface area contributed by atoms with Crippen molar-refractivity contribution in [3.8, 4) is 0 Å². The van der Waals surface area contributed by atoms with Gasteiger partial charge in [-0.25, -0.2) is 4.79 Å². The standard InChI is InChI=1S/C12H20N2O3/c15-11(9-5-2-1-3-7-13-9)14-8-4-6-10(14)12(16)17/h9-10,13H,1-8H2,(H,16,17)/t9?,10-/m1/s1. The molecule has 2 fully saturated rings. The van der Waals surface area contributed by atoms with Crippen molar-refractivity contribution in [2.75, 3.05) is 13.1 Å². The minimum absolute atomic E-state index is 0.0169. The molecule has 2 aliphatic rings. The summed E-state index contributed by atoms with van der Waals surface area (Å²) in [4.78, 5) is 24.9. The Morgan fingerprint density at radius 3 is 2.71 bits per heavy atom. The van der Waals surface area contributed by atoms with Crippen LogP contribution in [0.5, 0.6) is 0 Å². The highest BCUT2D eigenvalue weighted by molar-refractivity contribution is 5.87. The average molecular weight is 240 g/mol. The molecule has 2 rings (SSSR count). The lowest BCUT2D eigenvalue weighted by molar-refractivity contribution is -0.149. The molecule has 2 heterocycles. The Balaban J connectivity index is 2.00. The topological polar surface area (TPSA) is 69.6 Å². The summed E-state index contributed by atoms with van der Waals surface area (Å²) in [5.74, 6) is -0.888. The number of nitrogens with zero attached hydrogens (tertiary/aromatic N) is 1. The molecule has 5 heteroatoms. The number of carbonyl (C=O) groups is 2. The van der Waals surface area contributed by atoms with Gasteiger partial charge < -0.3 is 15.3 Å². The first-order valence-corrected chi connectivity index (χ1v) is 6.47. The summed E-state index contributed by atoms with van der Waals surface area (Å²) in [5.41, 5.74) is 0. The van der Waals surface area contributed by atoms with Crippen LogP contribution in [0.1, 0.15) is 38.5 Å². The third-order valence-corrected chi connectivity index (χ3v) is 3.68. The number of carbonyl (C=O) groups excluding carboxylic acids is 1. The fourth-order valence-corrected chi connectivity index (χ4v) is 2.73. The van der Waals surface area contributed by atoms with Gasteiger partial charge >= 0.3 is 5.97 Å². The van der Waals surface area contributed by atoms with Gasteiger partial charge in [-0.3, -0.25) is 4.79 Å². The number of hydrogen-bond donors (Lipinski definition) is 2. The zero-order valence-electron chi connectivity index (χ0n) is 10.0. The summed E-state index contributed by atoms with van der Waals surface area (Å²) in [7, 11) is 0. The van der Waals surface area contributed by atoms with Crippen LogP contribution in [0, 0.1) is 0 Å². The summed E-state index contributed by atoms with van der Waals surface area (Å²) in [6.07, 6.45) is 5.53. The second-order valence-electron chi connectivity index (χ2n) is 4.88. The van der Waals surface area contributed by atoms with Crippen molar-refractivity contribution in [2.24, 2.45) is 0 Å². The maximum absolute atomic E-state index is 12.3. The molecule has 5 nitrogen and oxygen atoms in total. The molecule has 0 aromatic heterocycles. The van der Waals surface area contributed by atoms with Crippen molar-refractivity contribution in [2.45, 2.75) is 50.6 Å². The van der Waals surface area contributed by atoms with Gasteiger partial charge in [0.2, 0.25) is 5.91 Å². The molecule has 17 heavy (non-hydrogen) atoms. The largest absolute Gasteiger partial charge is 0.480 e. The molecule has 0 spiro atoms. The van der Waals surface area contributed by atoms with Gasteiger partial charge in [-0.1, -0.05) is 12.8 Å². The minimum atomic E-state index is -0.871. The number of rotatable bonds is 2. The predicted molar refractivity (Wildman–Crippen MR) is 62.6 cm³/mol.